The first-order valence-corrected chi connectivity index (χ1v) is 8.50. The van der Waals surface area contributed by atoms with E-state index in [0.29, 0.717) is 11.8 Å². The van der Waals surface area contributed by atoms with Crippen LogP contribution in [0, 0.1) is 10.1 Å². The van der Waals surface area contributed by atoms with Crippen LogP contribution < -0.4 is 9.64 Å². The molecule has 2 aliphatic heterocycles. The number of piperidine rings is 2. The summed E-state index contributed by atoms with van der Waals surface area (Å²) in [5.74, 6) is 0.593. The van der Waals surface area contributed by atoms with E-state index in [9.17, 15) is 10.1 Å². The van der Waals surface area contributed by atoms with Crippen LogP contribution in [-0.4, -0.2) is 49.2 Å². The number of nitro groups is 1. The number of nitrogens with zero attached hydrogens (tertiary/aromatic N) is 3. The zero-order chi connectivity index (χ0) is 16.2. The van der Waals surface area contributed by atoms with Crippen LogP contribution in [0.15, 0.2) is 18.2 Å². The van der Waals surface area contributed by atoms with Crippen LogP contribution in [0.5, 0.6) is 5.75 Å². The third-order valence-electron chi connectivity index (χ3n) is 5.09. The first-order valence-electron chi connectivity index (χ1n) is 8.50. The molecule has 0 aliphatic carbocycles. The molecule has 2 fully saturated rings. The Morgan fingerprint density at radius 3 is 2.43 bits per heavy atom. The largest absolute Gasteiger partial charge is 0.494 e. The fourth-order valence-corrected chi connectivity index (χ4v) is 3.80. The van der Waals surface area contributed by atoms with Crippen LogP contribution in [0.4, 0.5) is 11.4 Å². The summed E-state index contributed by atoms with van der Waals surface area (Å²) in [6.45, 7) is 4.45. The maximum absolute atomic E-state index is 10.9. The number of likely N-dealkylation sites (tertiary alicyclic amines) is 1. The summed E-state index contributed by atoms with van der Waals surface area (Å²) in [5, 5.41) is 10.9. The number of benzene rings is 1. The Bertz CT molecular complexity index is 550. The Hall–Kier alpha value is -1.82. The van der Waals surface area contributed by atoms with Gasteiger partial charge in [-0.2, -0.15) is 0 Å². The molecule has 0 aromatic heterocycles. The van der Waals surface area contributed by atoms with Crippen LogP contribution in [0.1, 0.15) is 32.1 Å². The molecule has 2 saturated heterocycles. The fourth-order valence-electron chi connectivity index (χ4n) is 3.80. The Morgan fingerprint density at radius 2 is 1.83 bits per heavy atom. The molecule has 6 nitrogen and oxygen atoms in total. The molecule has 3 rings (SSSR count). The molecule has 0 N–H and O–H groups in total. The van der Waals surface area contributed by atoms with Gasteiger partial charge in [0, 0.05) is 25.2 Å². The van der Waals surface area contributed by atoms with Gasteiger partial charge in [0.2, 0.25) is 0 Å². The van der Waals surface area contributed by atoms with Crippen LogP contribution in [0.2, 0.25) is 0 Å². The molecule has 2 heterocycles. The van der Waals surface area contributed by atoms with Gasteiger partial charge in [-0.3, -0.25) is 10.1 Å². The molecule has 6 heteroatoms. The monoisotopic (exact) mass is 319 g/mol. The number of ether oxygens (including phenoxy) is 1. The lowest BCUT2D eigenvalue weighted by Crippen LogP contribution is -2.46. The summed E-state index contributed by atoms with van der Waals surface area (Å²) < 4.78 is 5.38. The van der Waals surface area contributed by atoms with Gasteiger partial charge >= 0.3 is 0 Å². The van der Waals surface area contributed by atoms with Gasteiger partial charge in [0.15, 0.2) is 0 Å². The highest BCUT2D eigenvalue weighted by molar-refractivity contribution is 5.62. The lowest BCUT2D eigenvalue weighted by atomic mass is 9.99. The molecule has 0 radical (unpaired) electrons. The molecule has 23 heavy (non-hydrogen) atoms. The highest BCUT2D eigenvalue weighted by Gasteiger charge is 2.27. The Balaban J connectivity index is 1.66. The fraction of sp³-hybridized carbons (Fsp3) is 0.647. The van der Waals surface area contributed by atoms with Gasteiger partial charge in [0.1, 0.15) is 5.75 Å². The second kappa shape index (κ2) is 7.17. The van der Waals surface area contributed by atoms with Crippen LogP contribution in [0.25, 0.3) is 0 Å². The lowest BCUT2D eigenvalue weighted by molar-refractivity contribution is -0.384. The molecular weight excluding hydrogens is 294 g/mol. The average molecular weight is 319 g/mol. The van der Waals surface area contributed by atoms with Crippen molar-refractivity contribution in [2.45, 2.75) is 38.1 Å². The maximum atomic E-state index is 10.9. The van der Waals surface area contributed by atoms with Gasteiger partial charge in [-0.25, -0.2) is 0 Å². The minimum atomic E-state index is -0.380. The molecule has 2 aliphatic rings. The maximum Gasteiger partial charge on any atom is 0.273 e. The van der Waals surface area contributed by atoms with Crippen molar-refractivity contribution in [3.63, 3.8) is 0 Å². The van der Waals surface area contributed by atoms with Gasteiger partial charge in [-0.15, -0.1) is 0 Å². The topological polar surface area (TPSA) is 58.9 Å². The molecule has 1 aromatic carbocycles. The van der Waals surface area contributed by atoms with Gasteiger partial charge in [-0.05, 0) is 44.8 Å². The van der Waals surface area contributed by atoms with E-state index in [1.807, 2.05) is 6.07 Å². The molecule has 0 amide bonds. The molecule has 0 bridgehead atoms. The Labute approximate surface area is 137 Å². The number of rotatable bonds is 4. The van der Waals surface area contributed by atoms with E-state index in [2.05, 4.69) is 9.80 Å². The van der Waals surface area contributed by atoms with Crippen molar-refractivity contribution in [3.8, 4) is 5.75 Å². The first-order chi connectivity index (χ1) is 11.2. The number of non-ortho nitro benzene ring substituents is 1. The molecule has 0 spiro atoms. The van der Waals surface area contributed by atoms with Gasteiger partial charge in [0.25, 0.3) is 5.69 Å². The summed E-state index contributed by atoms with van der Waals surface area (Å²) in [6, 6.07) is 5.59. The zero-order valence-electron chi connectivity index (χ0n) is 13.7. The Morgan fingerprint density at radius 1 is 1.13 bits per heavy atom. The third kappa shape index (κ3) is 3.58. The van der Waals surface area contributed by atoms with E-state index >= 15 is 0 Å². The molecular formula is C17H25N3O3. The summed E-state index contributed by atoms with van der Waals surface area (Å²) in [6.07, 6.45) is 6.34. The molecule has 0 unspecified atom stereocenters. The number of hydrogen-bond acceptors (Lipinski definition) is 5. The van der Waals surface area contributed by atoms with Crippen LogP contribution in [-0.2, 0) is 0 Å². The number of methoxy groups -OCH3 is 1. The van der Waals surface area contributed by atoms with E-state index < -0.39 is 0 Å². The highest BCUT2D eigenvalue weighted by Crippen LogP contribution is 2.34. The standard InChI is InChI=1S/C17H25N3O3/c1-23-17-13-15(20(21)22)5-6-16(17)19-11-7-14(8-12-19)18-9-3-2-4-10-18/h5-6,13-14H,2-4,7-12H2,1H3. The van der Waals surface area contributed by atoms with Gasteiger partial charge < -0.3 is 14.5 Å². The summed E-state index contributed by atoms with van der Waals surface area (Å²) >= 11 is 0. The van der Waals surface area contributed by atoms with Crippen molar-refractivity contribution < 1.29 is 9.66 Å². The van der Waals surface area contributed by atoms with E-state index in [4.69, 9.17) is 4.74 Å². The predicted molar refractivity (Wildman–Crippen MR) is 90.3 cm³/mol. The SMILES string of the molecule is COc1cc([N+](=O)[O-])ccc1N1CCC(N2CCCCC2)CC1. The van der Waals surface area contributed by atoms with Crippen molar-refractivity contribution in [1.29, 1.82) is 0 Å². The average Bonchev–Trinajstić information content (AvgIpc) is 2.62. The predicted octanol–water partition coefficient (Wildman–Crippen LogP) is 3.06. The summed E-state index contributed by atoms with van der Waals surface area (Å²) in [4.78, 5) is 15.5. The van der Waals surface area contributed by atoms with E-state index in [-0.39, 0.29) is 10.6 Å². The molecule has 0 atom stereocenters. The van der Waals surface area contributed by atoms with Crippen molar-refractivity contribution in [2.75, 3.05) is 38.2 Å². The number of hydrogen-bond donors (Lipinski definition) is 0. The summed E-state index contributed by atoms with van der Waals surface area (Å²) in [7, 11) is 1.57. The quantitative estimate of drug-likeness (QED) is 0.630. The normalized spacial score (nSPS) is 20.5. The highest BCUT2D eigenvalue weighted by atomic mass is 16.6. The second-order valence-corrected chi connectivity index (χ2v) is 6.43. The van der Waals surface area contributed by atoms with E-state index in [1.165, 1.54) is 38.4 Å². The van der Waals surface area contributed by atoms with Crippen molar-refractivity contribution in [2.24, 2.45) is 0 Å². The number of anilines is 1. The molecule has 1 aromatic rings. The minimum Gasteiger partial charge on any atom is -0.494 e. The van der Waals surface area contributed by atoms with E-state index in [1.54, 1.807) is 13.2 Å². The van der Waals surface area contributed by atoms with Crippen molar-refractivity contribution >= 4 is 11.4 Å². The van der Waals surface area contributed by atoms with Gasteiger partial charge in [-0.1, -0.05) is 6.42 Å². The van der Waals surface area contributed by atoms with E-state index in [0.717, 1.165) is 31.6 Å². The van der Waals surface area contributed by atoms with Crippen molar-refractivity contribution in [1.82, 2.24) is 4.90 Å². The van der Waals surface area contributed by atoms with Crippen LogP contribution in [0.3, 0.4) is 0 Å². The lowest BCUT2D eigenvalue weighted by Gasteiger charge is -2.41. The molecule has 0 saturated carbocycles. The van der Waals surface area contributed by atoms with Crippen LogP contribution >= 0.6 is 0 Å². The first kappa shape index (κ1) is 16.1. The van der Waals surface area contributed by atoms with Crippen molar-refractivity contribution in [3.05, 3.63) is 28.3 Å². The molecule has 126 valence electrons. The zero-order valence-corrected chi connectivity index (χ0v) is 13.7. The minimum absolute atomic E-state index is 0.0776. The smallest absolute Gasteiger partial charge is 0.273 e. The number of nitro benzene ring substituents is 1. The Kier molecular flexibility index (Phi) is 5.00. The third-order valence-corrected chi connectivity index (χ3v) is 5.09. The second-order valence-electron chi connectivity index (χ2n) is 6.43. The van der Waals surface area contributed by atoms with Gasteiger partial charge in [0.05, 0.1) is 23.8 Å². The summed E-state index contributed by atoms with van der Waals surface area (Å²) in [5.41, 5.74) is 1.05.